The van der Waals surface area contributed by atoms with Crippen LogP contribution in [0.5, 0.6) is 5.88 Å². The van der Waals surface area contributed by atoms with Gasteiger partial charge in [-0.2, -0.15) is 0 Å². The summed E-state index contributed by atoms with van der Waals surface area (Å²) < 4.78 is 12.0. The second kappa shape index (κ2) is 6.00. The molecule has 0 spiro atoms. The first-order valence-corrected chi connectivity index (χ1v) is 7.56. The van der Waals surface area contributed by atoms with Crippen molar-refractivity contribution in [1.82, 2.24) is 4.98 Å². The first-order valence-electron chi connectivity index (χ1n) is 7.56. The third kappa shape index (κ3) is 3.17. The molecule has 2 atom stereocenters. The van der Waals surface area contributed by atoms with Crippen molar-refractivity contribution in [3.63, 3.8) is 0 Å². The molecule has 1 aromatic carbocycles. The average Bonchev–Trinajstić information content (AvgIpc) is 2.46. The van der Waals surface area contributed by atoms with E-state index in [1.165, 1.54) is 0 Å². The summed E-state index contributed by atoms with van der Waals surface area (Å²) in [5.41, 5.74) is 6.61. The van der Waals surface area contributed by atoms with E-state index in [-0.39, 0.29) is 18.3 Å². The Morgan fingerprint density at radius 3 is 2.67 bits per heavy atom. The van der Waals surface area contributed by atoms with Crippen molar-refractivity contribution in [1.29, 1.82) is 0 Å². The highest BCUT2D eigenvalue weighted by molar-refractivity contribution is 5.87. The van der Waals surface area contributed by atoms with Gasteiger partial charge in [-0.25, -0.2) is 4.98 Å². The smallest absolute Gasteiger partial charge is 0.221 e. The highest BCUT2D eigenvalue weighted by Gasteiger charge is 2.26. The van der Waals surface area contributed by atoms with Gasteiger partial charge >= 0.3 is 0 Å². The highest BCUT2D eigenvalue weighted by atomic mass is 16.5. The maximum Gasteiger partial charge on any atom is 0.221 e. The van der Waals surface area contributed by atoms with Gasteiger partial charge in [-0.1, -0.05) is 18.2 Å². The molecule has 3 rings (SSSR count). The van der Waals surface area contributed by atoms with Crippen LogP contribution in [0.4, 0.5) is 0 Å². The van der Waals surface area contributed by atoms with Gasteiger partial charge in [0.25, 0.3) is 0 Å². The summed E-state index contributed by atoms with van der Waals surface area (Å²) in [6.07, 6.45) is 2.39. The fourth-order valence-electron chi connectivity index (χ4n) is 3.01. The molecule has 0 amide bonds. The van der Waals surface area contributed by atoms with Crippen LogP contribution >= 0.6 is 0 Å². The molecule has 0 aliphatic carbocycles. The number of pyridine rings is 1. The lowest BCUT2D eigenvalue weighted by atomic mass is 10.0. The number of nitrogens with two attached hydrogens (primary N) is 1. The number of nitrogens with zero attached hydrogens (tertiary/aromatic N) is 1. The fraction of sp³-hybridized carbons (Fsp3) is 0.471. The summed E-state index contributed by atoms with van der Waals surface area (Å²) in [6.45, 7) is 4.60. The van der Waals surface area contributed by atoms with Crippen LogP contribution in [0.15, 0.2) is 30.3 Å². The van der Waals surface area contributed by atoms with Crippen LogP contribution in [0.2, 0.25) is 0 Å². The van der Waals surface area contributed by atoms with Gasteiger partial charge < -0.3 is 15.2 Å². The standard InChI is InChI=1S/C17H22N2O2/c1-11-7-15(8-12(2)20-11)21-17-16-6-4-3-5-13(16)9-14(10-18)19-17/h3-6,9,11-12,15H,7-8,10,18H2,1-2H3. The second-order valence-electron chi connectivity index (χ2n) is 5.81. The van der Waals surface area contributed by atoms with Gasteiger partial charge in [0, 0.05) is 24.8 Å². The first kappa shape index (κ1) is 14.3. The third-order valence-electron chi connectivity index (χ3n) is 3.90. The van der Waals surface area contributed by atoms with Gasteiger partial charge in [-0.15, -0.1) is 0 Å². The normalized spacial score (nSPS) is 26.0. The van der Waals surface area contributed by atoms with Crippen molar-refractivity contribution in [3.05, 3.63) is 36.0 Å². The van der Waals surface area contributed by atoms with Crippen molar-refractivity contribution < 1.29 is 9.47 Å². The predicted molar refractivity (Wildman–Crippen MR) is 83.3 cm³/mol. The van der Waals surface area contributed by atoms with E-state index in [4.69, 9.17) is 15.2 Å². The molecular weight excluding hydrogens is 264 g/mol. The Hall–Kier alpha value is -1.65. The Kier molecular flexibility index (Phi) is 4.08. The molecule has 1 saturated heterocycles. The van der Waals surface area contributed by atoms with E-state index in [0.29, 0.717) is 12.4 Å². The molecule has 4 nitrogen and oxygen atoms in total. The van der Waals surface area contributed by atoms with Crippen molar-refractivity contribution in [2.75, 3.05) is 0 Å². The largest absolute Gasteiger partial charge is 0.474 e. The summed E-state index contributed by atoms with van der Waals surface area (Å²) in [7, 11) is 0. The Morgan fingerprint density at radius 2 is 1.95 bits per heavy atom. The van der Waals surface area contributed by atoms with E-state index >= 15 is 0 Å². The predicted octanol–water partition coefficient (Wildman–Crippen LogP) is 3.03. The molecule has 0 saturated carbocycles. The second-order valence-corrected chi connectivity index (χ2v) is 5.81. The van der Waals surface area contributed by atoms with Crippen molar-refractivity contribution in [2.24, 2.45) is 5.73 Å². The Morgan fingerprint density at radius 1 is 1.24 bits per heavy atom. The monoisotopic (exact) mass is 286 g/mol. The Balaban J connectivity index is 1.92. The minimum absolute atomic E-state index is 0.146. The molecule has 0 bridgehead atoms. The lowest BCUT2D eigenvalue weighted by molar-refractivity contribution is -0.0726. The van der Waals surface area contributed by atoms with Crippen LogP contribution in [-0.2, 0) is 11.3 Å². The van der Waals surface area contributed by atoms with E-state index < -0.39 is 0 Å². The maximum atomic E-state index is 6.21. The van der Waals surface area contributed by atoms with Crippen LogP contribution in [0.25, 0.3) is 10.8 Å². The van der Waals surface area contributed by atoms with Gasteiger partial charge in [-0.3, -0.25) is 0 Å². The maximum absolute atomic E-state index is 6.21. The molecule has 21 heavy (non-hydrogen) atoms. The number of ether oxygens (including phenoxy) is 2. The summed E-state index contributed by atoms with van der Waals surface area (Å²) >= 11 is 0. The number of fused-ring (bicyclic) bond motifs is 1. The molecule has 1 aromatic heterocycles. The lowest BCUT2D eigenvalue weighted by Crippen LogP contribution is -2.36. The van der Waals surface area contributed by atoms with Crippen LogP contribution in [0, 0.1) is 0 Å². The third-order valence-corrected chi connectivity index (χ3v) is 3.90. The van der Waals surface area contributed by atoms with Gasteiger partial charge in [0.15, 0.2) is 0 Å². The summed E-state index contributed by atoms with van der Waals surface area (Å²) in [5, 5.41) is 2.16. The summed E-state index contributed by atoms with van der Waals surface area (Å²) in [6, 6.07) is 10.2. The zero-order valence-electron chi connectivity index (χ0n) is 12.6. The van der Waals surface area contributed by atoms with E-state index in [9.17, 15) is 0 Å². The lowest BCUT2D eigenvalue weighted by Gasteiger charge is -2.32. The number of hydrogen-bond acceptors (Lipinski definition) is 4. The molecule has 1 aliphatic rings. The van der Waals surface area contributed by atoms with Crippen LogP contribution in [0.1, 0.15) is 32.4 Å². The molecule has 2 N–H and O–H groups in total. The van der Waals surface area contributed by atoms with Crippen LogP contribution in [0.3, 0.4) is 0 Å². The number of aromatic nitrogens is 1. The van der Waals surface area contributed by atoms with Gasteiger partial charge in [0.1, 0.15) is 6.10 Å². The zero-order valence-corrected chi connectivity index (χ0v) is 12.6. The molecule has 2 aromatic rings. The van der Waals surface area contributed by atoms with E-state index in [0.717, 1.165) is 29.3 Å². The molecule has 112 valence electrons. The summed E-state index contributed by atoms with van der Waals surface area (Å²) in [4.78, 5) is 4.58. The zero-order chi connectivity index (χ0) is 14.8. The number of rotatable bonds is 3. The molecule has 0 radical (unpaired) electrons. The quantitative estimate of drug-likeness (QED) is 0.942. The first-order chi connectivity index (χ1) is 10.2. The minimum atomic E-state index is 0.146. The van der Waals surface area contributed by atoms with Gasteiger partial charge in [0.05, 0.1) is 17.9 Å². The molecular formula is C17H22N2O2. The minimum Gasteiger partial charge on any atom is -0.474 e. The molecule has 4 heteroatoms. The average molecular weight is 286 g/mol. The summed E-state index contributed by atoms with van der Waals surface area (Å²) in [5.74, 6) is 0.694. The molecule has 1 aliphatic heterocycles. The van der Waals surface area contributed by atoms with E-state index in [1.807, 2.05) is 24.3 Å². The molecule has 1 fully saturated rings. The topological polar surface area (TPSA) is 57.4 Å². The Labute approximate surface area is 125 Å². The van der Waals surface area contributed by atoms with Crippen molar-refractivity contribution in [3.8, 4) is 5.88 Å². The van der Waals surface area contributed by atoms with Crippen LogP contribution in [-0.4, -0.2) is 23.3 Å². The van der Waals surface area contributed by atoms with Gasteiger partial charge in [-0.05, 0) is 31.4 Å². The van der Waals surface area contributed by atoms with Crippen molar-refractivity contribution in [2.45, 2.75) is 51.5 Å². The number of benzene rings is 1. The van der Waals surface area contributed by atoms with E-state index in [2.05, 4.69) is 24.9 Å². The fourth-order valence-corrected chi connectivity index (χ4v) is 3.01. The van der Waals surface area contributed by atoms with Crippen molar-refractivity contribution >= 4 is 10.8 Å². The SMILES string of the molecule is CC1CC(Oc2nc(CN)cc3ccccc23)CC(C)O1. The van der Waals surface area contributed by atoms with Crippen LogP contribution < -0.4 is 10.5 Å². The van der Waals surface area contributed by atoms with Gasteiger partial charge in [0.2, 0.25) is 5.88 Å². The highest BCUT2D eigenvalue weighted by Crippen LogP contribution is 2.29. The number of hydrogen-bond donors (Lipinski definition) is 1. The molecule has 2 heterocycles. The van der Waals surface area contributed by atoms with E-state index in [1.54, 1.807) is 0 Å². The Bertz CT molecular complexity index is 619. The molecule has 2 unspecified atom stereocenters.